The average molecular weight is 419 g/mol. The number of hydrogen-bond donors (Lipinski definition) is 4. The van der Waals surface area contributed by atoms with Crippen LogP contribution in [0.1, 0.15) is 25.8 Å². The molecule has 0 radical (unpaired) electrons. The normalized spacial score (nSPS) is 11.7. The second-order valence-corrected chi connectivity index (χ2v) is 7.79. The van der Waals surface area contributed by atoms with Crippen molar-refractivity contribution in [3.63, 3.8) is 0 Å². The first-order chi connectivity index (χ1) is 14.1. The summed E-state index contributed by atoms with van der Waals surface area (Å²) in [5.74, 6) is -1.84. The summed E-state index contributed by atoms with van der Waals surface area (Å²) in [5.41, 5.74) is 1.05. The van der Waals surface area contributed by atoms with Gasteiger partial charge in [0.05, 0.1) is 11.1 Å². The molecule has 3 rings (SSSR count). The predicted octanol–water partition coefficient (Wildman–Crippen LogP) is 4.25. The number of carbonyl (C=O) groups is 1. The number of aliphatic hydroxyl groups is 1. The van der Waals surface area contributed by atoms with Gasteiger partial charge in [0.1, 0.15) is 17.5 Å². The van der Waals surface area contributed by atoms with E-state index in [2.05, 4.69) is 15.6 Å². The van der Waals surface area contributed by atoms with Gasteiger partial charge < -0.3 is 20.7 Å². The van der Waals surface area contributed by atoms with Crippen LogP contribution in [-0.4, -0.2) is 34.8 Å². The van der Waals surface area contributed by atoms with Gasteiger partial charge in [0.15, 0.2) is 0 Å². The molecule has 2 amide bonds. The number of H-pyrrole nitrogens is 1. The number of halogens is 3. The molecule has 0 unspecified atom stereocenters. The summed E-state index contributed by atoms with van der Waals surface area (Å²) in [5, 5.41) is 15.4. The fraction of sp³-hybridized carbons (Fsp3) is 0.318. The smallest absolute Gasteiger partial charge is 0.314 e. The molecule has 0 bridgehead atoms. The molecule has 0 spiro atoms. The molecule has 0 aliphatic rings. The third-order valence-corrected chi connectivity index (χ3v) is 4.75. The Morgan fingerprint density at radius 1 is 1.03 bits per heavy atom. The maximum Gasteiger partial charge on any atom is 0.314 e. The van der Waals surface area contributed by atoms with Crippen LogP contribution in [0.5, 0.6) is 0 Å². The molecule has 160 valence electrons. The summed E-state index contributed by atoms with van der Waals surface area (Å²) in [7, 11) is 0. The molecule has 2 aromatic carbocycles. The summed E-state index contributed by atoms with van der Waals surface area (Å²) in [6.07, 6.45) is 0.699. The maximum absolute atomic E-state index is 14.3. The Bertz CT molecular complexity index is 1040. The number of aromatic nitrogens is 1. The van der Waals surface area contributed by atoms with Crippen molar-refractivity contribution < 1.29 is 23.1 Å². The highest BCUT2D eigenvalue weighted by molar-refractivity contribution is 5.91. The Kier molecular flexibility index (Phi) is 6.36. The highest BCUT2D eigenvalue weighted by Gasteiger charge is 2.18. The molecular formula is C22H24F3N3O2. The molecule has 0 atom stereocenters. The average Bonchev–Trinajstić information content (AvgIpc) is 3.00. The van der Waals surface area contributed by atoms with Crippen molar-refractivity contribution in [3.8, 4) is 11.3 Å². The molecule has 5 nitrogen and oxygen atoms in total. The van der Waals surface area contributed by atoms with E-state index >= 15 is 0 Å². The second kappa shape index (κ2) is 8.79. The Balaban J connectivity index is 1.79. The molecule has 1 aromatic heterocycles. The number of benzene rings is 2. The molecule has 4 N–H and O–H groups in total. The van der Waals surface area contributed by atoms with Gasteiger partial charge in [-0.3, -0.25) is 0 Å². The van der Waals surface area contributed by atoms with Crippen molar-refractivity contribution in [2.24, 2.45) is 0 Å². The number of hydrogen-bond acceptors (Lipinski definition) is 2. The number of aromatic amines is 1. The van der Waals surface area contributed by atoms with Crippen LogP contribution in [0.2, 0.25) is 0 Å². The van der Waals surface area contributed by atoms with Gasteiger partial charge in [-0.1, -0.05) is 0 Å². The van der Waals surface area contributed by atoms with E-state index in [4.69, 9.17) is 0 Å². The number of nitrogens with one attached hydrogen (secondary N) is 3. The van der Waals surface area contributed by atoms with Crippen LogP contribution in [0.4, 0.5) is 18.0 Å². The van der Waals surface area contributed by atoms with E-state index in [1.807, 2.05) is 0 Å². The first-order valence-corrected chi connectivity index (χ1v) is 9.63. The van der Waals surface area contributed by atoms with E-state index in [0.717, 1.165) is 6.07 Å². The minimum atomic E-state index is -0.879. The number of rotatable bonds is 7. The summed E-state index contributed by atoms with van der Waals surface area (Å²) in [6.45, 7) is 3.82. The molecule has 0 aliphatic carbocycles. The van der Waals surface area contributed by atoms with Crippen LogP contribution >= 0.6 is 0 Å². The standard InChI is InChI=1S/C22H24F3N3O2/c1-22(2,30)8-10-27-21(29)26-9-7-16-17-11-15(24)12-18(25)20(17)28-19(16)13-3-5-14(23)6-4-13/h3-6,11-12,28,30H,7-10H2,1-2H3,(H2,26,27,29). The minimum absolute atomic E-state index is 0.153. The third-order valence-electron chi connectivity index (χ3n) is 4.75. The monoisotopic (exact) mass is 419 g/mol. The van der Waals surface area contributed by atoms with Gasteiger partial charge >= 0.3 is 6.03 Å². The molecule has 3 aromatic rings. The van der Waals surface area contributed by atoms with Crippen molar-refractivity contribution in [3.05, 3.63) is 59.4 Å². The molecule has 8 heteroatoms. The van der Waals surface area contributed by atoms with Gasteiger partial charge in [-0.05, 0) is 68.1 Å². The van der Waals surface area contributed by atoms with Gasteiger partial charge in [-0.2, -0.15) is 0 Å². The SMILES string of the molecule is CC(C)(O)CCNC(=O)NCCc1c(-c2ccc(F)cc2)[nH]c2c(F)cc(F)cc12. The molecule has 0 aliphatic heterocycles. The molecular weight excluding hydrogens is 395 g/mol. The topological polar surface area (TPSA) is 77.2 Å². The van der Waals surface area contributed by atoms with Crippen molar-refractivity contribution in [2.75, 3.05) is 13.1 Å². The van der Waals surface area contributed by atoms with Gasteiger partial charge in [-0.15, -0.1) is 0 Å². The highest BCUT2D eigenvalue weighted by atomic mass is 19.1. The van der Waals surface area contributed by atoms with E-state index in [1.54, 1.807) is 26.0 Å². The Labute approximate surface area is 172 Å². The van der Waals surface area contributed by atoms with E-state index < -0.39 is 29.1 Å². The molecule has 30 heavy (non-hydrogen) atoms. The number of carbonyl (C=O) groups excluding carboxylic acids is 1. The largest absolute Gasteiger partial charge is 0.390 e. The quantitative estimate of drug-likeness (QED) is 0.462. The fourth-order valence-electron chi connectivity index (χ4n) is 3.24. The van der Waals surface area contributed by atoms with Gasteiger partial charge in [0.25, 0.3) is 0 Å². The third kappa shape index (κ3) is 5.33. The van der Waals surface area contributed by atoms with E-state index in [1.165, 1.54) is 18.2 Å². The Morgan fingerprint density at radius 3 is 2.37 bits per heavy atom. The summed E-state index contributed by atoms with van der Waals surface area (Å²) in [4.78, 5) is 14.9. The van der Waals surface area contributed by atoms with Gasteiger partial charge in [-0.25, -0.2) is 18.0 Å². The lowest BCUT2D eigenvalue weighted by Crippen LogP contribution is -2.39. The van der Waals surface area contributed by atoms with Crippen LogP contribution in [0.25, 0.3) is 22.2 Å². The number of urea groups is 1. The number of fused-ring (bicyclic) bond motifs is 1. The first-order valence-electron chi connectivity index (χ1n) is 9.63. The van der Waals surface area contributed by atoms with E-state index in [0.29, 0.717) is 41.6 Å². The Hall–Kier alpha value is -3.00. The van der Waals surface area contributed by atoms with Crippen LogP contribution in [0, 0.1) is 17.5 Å². The number of amides is 2. The minimum Gasteiger partial charge on any atom is -0.390 e. The van der Waals surface area contributed by atoms with E-state index in [-0.39, 0.29) is 12.1 Å². The van der Waals surface area contributed by atoms with Crippen LogP contribution in [0.3, 0.4) is 0 Å². The van der Waals surface area contributed by atoms with Crippen molar-refractivity contribution in [1.29, 1.82) is 0 Å². The van der Waals surface area contributed by atoms with Gasteiger partial charge in [0.2, 0.25) is 0 Å². The first kappa shape index (κ1) is 21.7. The summed E-state index contributed by atoms with van der Waals surface area (Å²) < 4.78 is 41.4. The fourth-order valence-corrected chi connectivity index (χ4v) is 3.24. The van der Waals surface area contributed by atoms with Crippen molar-refractivity contribution >= 4 is 16.9 Å². The van der Waals surface area contributed by atoms with Gasteiger partial charge in [0, 0.05) is 30.2 Å². The maximum atomic E-state index is 14.3. The Morgan fingerprint density at radius 2 is 1.70 bits per heavy atom. The van der Waals surface area contributed by atoms with Crippen LogP contribution in [-0.2, 0) is 6.42 Å². The molecule has 0 fully saturated rings. The zero-order chi connectivity index (χ0) is 21.9. The second-order valence-electron chi connectivity index (χ2n) is 7.79. The molecule has 0 saturated heterocycles. The lowest BCUT2D eigenvalue weighted by atomic mass is 10.0. The zero-order valence-electron chi connectivity index (χ0n) is 16.8. The zero-order valence-corrected chi connectivity index (χ0v) is 16.8. The molecule has 0 saturated carbocycles. The summed E-state index contributed by atoms with van der Waals surface area (Å²) in [6, 6.07) is 7.31. The highest BCUT2D eigenvalue weighted by Crippen LogP contribution is 2.32. The van der Waals surface area contributed by atoms with Crippen molar-refractivity contribution in [2.45, 2.75) is 32.3 Å². The van der Waals surface area contributed by atoms with E-state index in [9.17, 15) is 23.1 Å². The van der Waals surface area contributed by atoms with Crippen molar-refractivity contribution in [1.82, 2.24) is 15.6 Å². The van der Waals surface area contributed by atoms with Crippen LogP contribution in [0.15, 0.2) is 36.4 Å². The summed E-state index contributed by atoms with van der Waals surface area (Å²) >= 11 is 0. The molecule has 1 heterocycles. The predicted molar refractivity (Wildman–Crippen MR) is 110 cm³/mol. The lowest BCUT2D eigenvalue weighted by molar-refractivity contribution is 0.0719. The lowest BCUT2D eigenvalue weighted by Gasteiger charge is -2.17. The van der Waals surface area contributed by atoms with Crippen LogP contribution < -0.4 is 10.6 Å².